The van der Waals surface area contributed by atoms with Crippen LogP contribution < -0.4 is 5.32 Å². The monoisotopic (exact) mass is 440 g/mol. The van der Waals surface area contributed by atoms with E-state index in [1.54, 1.807) is 4.68 Å². The average Bonchev–Trinajstić information content (AvgIpc) is 3.01. The second-order valence-electron chi connectivity index (χ2n) is 9.00. The van der Waals surface area contributed by atoms with Crippen LogP contribution in [0.3, 0.4) is 0 Å². The molecule has 0 aliphatic carbocycles. The molecular formula is C24H36N6O2. The van der Waals surface area contributed by atoms with Gasteiger partial charge in [-0.3, -0.25) is 9.59 Å². The first kappa shape index (κ1) is 23.9. The Labute approximate surface area is 190 Å². The number of nitrogens with zero attached hydrogens (tertiary/aromatic N) is 5. The molecule has 3 rings (SSSR count). The highest BCUT2D eigenvalue weighted by atomic mass is 16.2. The predicted octanol–water partition coefficient (Wildman–Crippen LogP) is 2.98. The van der Waals surface area contributed by atoms with E-state index in [0.29, 0.717) is 19.0 Å². The standard InChI is InChI=1S/C24H36N6O2/c1-7-8-11-25-23(32)20-10-9-17(4)29(14-20)22(31)13-21-18(5)28-30(19(21)6)24-26-15(2)12-16(3)27-24/h12,17,20H,7-11,13-14H2,1-6H3,(H,25,32). The van der Waals surface area contributed by atoms with Crippen molar-refractivity contribution in [2.75, 3.05) is 13.1 Å². The minimum Gasteiger partial charge on any atom is -0.356 e. The number of amides is 2. The number of hydrogen-bond acceptors (Lipinski definition) is 5. The van der Waals surface area contributed by atoms with Crippen molar-refractivity contribution in [2.24, 2.45) is 5.92 Å². The Balaban J connectivity index is 1.74. The number of nitrogens with one attached hydrogen (secondary N) is 1. The zero-order valence-electron chi connectivity index (χ0n) is 20.2. The summed E-state index contributed by atoms with van der Waals surface area (Å²) in [5, 5.41) is 7.64. The molecule has 2 atom stereocenters. The summed E-state index contributed by atoms with van der Waals surface area (Å²) in [7, 11) is 0. The van der Waals surface area contributed by atoms with Gasteiger partial charge in [-0.1, -0.05) is 13.3 Å². The normalized spacial score (nSPS) is 18.6. The molecule has 8 nitrogen and oxygen atoms in total. The first-order valence-electron chi connectivity index (χ1n) is 11.7. The number of likely N-dealkylation sites (tertiary alicyclic amines) is 1. The molecule has 32 heavy (non-hydrogen) atoms. The number of aromatic nitrogens is 4. The lowest BCUT2D eigenvalue weighted by Gasteiger charge is -2.37. The van der Waals surface area contributed by atoms with E-state index in [0.717, 1.165) is 54.0 Å². The largest absolute Gasteiger partial charge is 0.356 e. The van der Waals surface area contributed by atoms with Gasteiger partial charge in [-0.25, -0.2) is 14.6 Å². The van der Waals surface area contributed by atoms with Gasteiger partial charge in [0.1, 0.15) is 0 Å². The maximum atomic E-state index is 13.3. The van der Waals surface area contributed by atoms with E-state index >= 15 is 0 Å². The lowest BCUT2D eigenvalue weighted by molar-refractivity contribution is -0.137. The average molecular weight is 441 g/mol. The minimum absolute atomic E-state index is 0.0376. The Morgan fingerprint density at radius 3 is 2.47 bits per heavy atom. The molecule has 2 aromatic rings. The molecule has 3 heterocycles. The molecule has 2 amide bonds. The van der Waals surface area contributed by atoms with E-state index in [1.165, 1.54) is 0 Å². The molecule has 0 radical (unpaired) electrons. The number of unbranched alkanes of at least 4 members (excludes halogenated alkanes) is 1. The molecule has 1 N–H and O–H groups in total. The molecule has 1 aliphatic rings. The van der Waals surface area contributed by atoms with Crippen molar-refractivity contribution in [1.82, 2.24) is 30.0 Å². The summed E-state index contributed by atoms with van der Waals surface area (Å²) < 4.78 is 1.72. The van der Waals surface area contributed by atoms with Crippen molar-refractivity contribution < 1.29 is 9.59 Å². The lowest BCUT2D eigenvalue weighted by Crippen LogP contribution is -2.50. The first-order chi connectivity index (χ1) is 15.2. The van der Waals surface area contributed by atoms with Gasteiger partial charge < -0.3 is 10.2 Å². The van der Waals surface area contributed by atoms with Crippen molar-refractivity contribution in [3.63, 3.8) is 0 Å². The van der Waals surface area contributed by atoms with Crippen molar-refractivity contribution in [1.29, 1.82) is 0 Å². The lowest BCUT2D eigenvalue weighted by atomic mass is 9.92. The smallest absolute Gasteiger partial charge is 0.251 e. The van der Waals surface area contributed by atoms with E-state index in [1.807, 2.05) is 38.7 Å². The first-order valence-corrected chi connectivity index (χ1v) is 11.7. The number of aryl methyl sites for hydroxylation is 3. The summed E-state index contributed by atoms with van der Waals surface area (Å²) in [6.45, 7) is 13.1. The van der Waals surface area contributed by atoms with Crippen LogP contribution in [0.15, 0.2) is 6.07 Å². The van der Waals surface area contributed by atoms with Crippen LogP contribution in [-0.2, 0) is 16.0 Å². The zero-order valence-corrected chi connectivity index (χ0v) is 20.2. The molecule has 174 valence electrons. The van der Waals surface area contributed by atoms with Gasteiger partial charge in [0, 0.05) is 41.8 Å². The highest BCUT2D eigenvalue weighted by Crippen LogP contribution is 2.25. The number of carbonyl (C=O) groups excluding carboxylic acids is 2. The predicted molar refractivity (Wildman–Crippen MR) is 124 cm³/mol. The third-order valence-corrected chi connectivity index (χ3v) is 6.33. The molecular weight excluding hydrogens is 404 g/mol. The van der Waals surface area contributed by atoms with Gasteiger partial charge in [-0.15, -0.1) is 0 Å². The third-order valence-electron chi connectivity index (χ3n) is 6.33. The second kappa shape index (κ2) is 10.2. The fraction of sp³-hybridized carbons (Fsp3) is 0.625. The van der Waals surface area contributed by atoms with Gasteiger partial charge in [-0.2, -0.15) is 5.10 Å². The van der Waals surface area contributed by atoms with Crippen molar-refractivity contribution in [2.45, 2.75) is 79.7 Å². The molecule has 1 fully saturated rings. The molecule has 0 bridgehead atoms. The van der Waals surface area contributed by atoms with Crippen LogP contribution in [0.2, 0.25) is 0 Å². The zero-order chi connectivity index (χ0) is 23.4. The van der Waals surface area contributed by atoms with Crippen LogP contribution in [0.25, 0.3) is 5.95 Å². The quantitative estimate of drug-likeness (QED) is 0.668. The summed E-state index contributed by atoms with van der Waals surface area (Å²) in [6.07, 6.45) is 3.95. The number of rotatable bonds is 7. The fourth-order valence-corrected chi connectivity index (χ4v) is 4.38. The van der Waals surface area contributed by atoms with Crippen LogP contribution in [0, 0.1) is 33.6 Å². The van der Waals surface area contributed by atoms with Crippen LogP contribution in [0.5, 0.6) is 0 Å². The van der Waals surface area contributed by atoms with E-state index in [2.05, 4.69) is 34.2 Å². The van der Waals surface area contributed by atoms with E-state index in [4.69, 9.17) is 0 Å². The highest BCUT2D eigenvalue weighted by Gasteiger charge is 2.33. The van der Waals surface area contributed by atoms with Crippen molar-refractivity contribution in [3.05, 3.63) is 34.4 Å². The molecule has 0 spiro atoms. The second-order valence-corrected chi connectivity index (χ2v) is 9.00. The molecule has 1 aliphatic heterocycles. The van der Waals surface area contributed by atoms with Gasteiger partial charge in [0.2, 0.25) is 11.8 Å². The van der Waals surface area contributed by atoms with Crippen molar-refractivity contribution >= 4 is 11.8 Å². The topological polar surface area (TPSA) is 93.0 Å². The summed E-state index contributed by atoms with van der Waals surface area (Å²) in [5.74, 6) is 0.489. The Bertz CT molecular complexity index is 963. The molecule has 0 aromatic carbocycles. The Morgan fingerprint density at radius 2 is 1.81 bits per heavy atom. The summed E-state index contributed by atoms with van der Waals surface area (Å²) in [5.41, 5.74) is 4.34. The molecule has 2 unspecified atom stereocenters. The fourth-order valence-electron chi connectivity index (χ4n) is 4.38. The van der Waals surface area contributed by atoms with Crippen LogP contribution in [-0.4, -0.2) is 55.6 Å². The third kappa shape index (κ3) is 5.34. The van der Waals surface area contributed by atoms with Gasteiger partial charge >= 0.3 is 0 Å². The molecule has 8 heteroatoms. The molecule has 1 saturated heterocycles. The van der Waals surface area contributed by atoms with E-state index in [-0.39, 0.29) is 30.2 Å². The summed E-state index contributed by atoms with van der Waals surface area (Å²) >= 11 is 0. The van der Waals surface area contributed by atoms with Gasteiger partial charge in [0.25, 0.3) is 5.95 Å². The summed E-state index contributed by atoms with van der Waals surface area (Å²) in [6, 6.07) is 2.05. The van der Waals surface area contributed by atoms with Gasteiger partial charge in [0.05, 0.1) is 18.0 Å². The number of carbonyl (C=O) groups is 2. The Hall–Kier alpha value is -2.77. The van der Waals surface area contributed by atoms with Crippen LogP contribution >= 0.6 is 0 Å². The van der Waals surface area contributed by atoms with Crippen LogP contribution in [0.4, 0.5) is 0 Å². The number of hydrogen-bond donors (Lipinski definition) is 1. The van der Waals surface area contributed by atoms with Gasteiger partial charge in [0.15, 0.2) is 0 Å². The molecule has 0 saturated carbocycles. The SMILES string of the molecule is CCCCNC(=O)C1CCC(C)N(C(=O)Cc2c(C)nn(-c3nc(C)cc(C)n3)c2C)C1. The summed E-state index contributed by atoms with van der Waals surface area (Å²) in [4.78, 5) is 36.7. The number of piperidine rings is 1. The Morgan fingerprint density at radius 1 is 1.12 bits per heavy atom. The maximum absolute atomic E-state index is 13.3. The highest BCUT2D eigenvalue weighted by molar-refractivity contribution is 5.82. The maximum Gasteiger partial charge on any atom is 0.251 e. The van der Waals surface area contributed by atoms with E-state index in [9.17, 15) is 9.59 Å². The van der Waals surface area contributed by atoms with Crippen molar-refractivity contribution in [3.8, 4) is 5.95 Å². The van der Waals surface area contributed by atoms with Crippen LogP contribution in [0.1, 0.15) is 67.9 Å². The van der Waals surface area contributed by atoms with E-state index < -0.39 is 0 Å². The molecule has 2 aromatic heterocycles. The van der Waals surface area contributed by atoms with Gasteiger partial charge in [-0.05, 0) is 59.9 Å². The minimum atomic E-state index is -0.138. The Kier molecular flexibility index (Phi) is 7.64.